The molecule has 7 nitrogen and oxygen atoms in total. The van der Waals surface area contributed by atoms with Crippen LogP contribution in [0.15, 0.2) is 0 Å². The molecule has 0 saturated carbocycles. The van der Waals surface area contributed by atoms with E-state index < -0.39 is 5.60 Å². The Morgan fingerprint density at radius 1 is 1.33 bits per heavy atom. The van der Waals surface area contributed by atoms with Gasteiger partial charge in [0.15, 0.2) is 5.82 Å². The second-order valence-electron chi connectivity index (χ2n) is 6.68. The van der Waals surface area contributed by atoms with Crippen molar-refractivity contribution in [2.24, 2.45) is 0 Å². The van der Waals surface area contributed by atoms with Crippen LogP contribution in [0.2, 0.25) is 0 Å². The normalized spacial score (nSPS) is 22.2. The molecule has 1 fully saturated rings. The molecule has 21 heavy (non-hydrogen) atoms. The first kappa shape index (κ1) is 14.3. The zero-order valence-corrected chi connectivity index (χ0v) is 12.9. The van der Waals surface area contributed by atoms with Gasteiger partial charge in [0.2, 0.25) is 0 Å². The molecule has 0 aromatic carbocycles. The highest BCUT2D eigenvalue weighted by molar-refractivity contribution is 5.68. The maximum Gasteiger partial charge on any atom is 0.410 e. The first-order valence-electron chi connectivity index (χ1n) is 7.57. The topological polar surface area (TPSA) is 72.3 Å². The summed E-state index contributed by atoms with van der Waals surface area (Å²) in [5.74, 6) is 1.85. The number of hydrogen-bond acceptors (Lipinski definition) is 5. The van der Waals surface area contributed by atoms with Crippen molar-refractivity contribution >= 4 is 6.09 Å². The van der Waals surface area contributed by atoms with E-state index in [0.717, 1.165) is 31.2 Å². The van der Waals surface area contributed by atoms with Crippen molar-refractivity contribution < 1.29 is 9.53 Å². The highest BCUT2D eigenvalue weighted by Crippen LogP contribution is 2.24. The number of nitrogens with one attached hydrogen (secondary N) is 1. The highest BCUT2D eigenvalue weighted by Gasteiger charge is 2.30. The summed E-state index contributed by atoms with van der Waals surface area (Å²) in [7, 11) is 0. The van der Waals surface area contributed by atoms with Gasteiger partial charge in [0.05, 0.1) is 12.6 Å². The van der Waals surface area contributed by atoms with E-state index in [-0.39, 0.29) is 6.09 Å². The van der Waals surface area contributed by atoms with Crippen molar-refractivity contribution in [3.8, 4) is 0 Å². The maximum atomic E-state index is 12.1. The number of hydrogen-bond donors (Lipinski definition) is 1. The summed E-state index contributed by atoms with van der Waals surface area (Å²) in [6.07, 6.45) is 2.00. The van der Waals surface area contributed by atoms with Gasteiger partial charge in [-0.2, -0.15) is 0 Å². The Kier molecular flexibility index (Phi) is 3.61. The van der Waals surface area contributed by atoms with E-state index in [4.69, 9.17) is 4.74 Å². The number of nitrogens with zero attached hydrogens (tertiary/aromatic N) is 4. The molecular weight excluding hydrogens is 270 g/mol. The molecule has 1 amide bonds. The third kappa shape index (κ3) is 3.02. The minimum absolute atomic E-state index is 0.280. The third-order valence-electron chi connectivity index (χ3n) is 3.81. The maximum absolute atomic E-state index is 12.1. The molecular formula is C14H23N5O2. The van der Waals surface area contributed by atoms with Gasteiger partial charge in [0.25, 0.3) is 0 Å². The molecule has 0 radical (unpaired) electrons. The van der Waals surface area contributed by atoms with Crippen LogP contribution in [0.4, 0.5) is 4.79 Å². The smallest absolute Gasteiger partial charge is 0.410 e. The molecule has 3 heterocycles. The van der Waals surface area contributed by atoms with Crippen LogP contribution in [0, 0.1) is 0 Å². The lowest BCUT2D eigenvalue weighted by Crippen LogP contribution is -2.42. The van der Waals surface area contributed by atoms with E-state index in [1.165, 1.54) is 6.42 Å². The molecule has 1 atom stereocenters. The summed E-state index contributed by atoms with van der Waals surface area (Å²) < 4.78 is 7.56. The molecule has 116 valence electrons. The summed E-state index contributed by atoms with van der Waals surface area (Å²) >= 11 is 0. The average Bonchev–Trinajstić information content (AvgIpc) is 3.04. The molecule has 0 spiro atoms. The number of amides is 1. The fourth-order valence-corrected chi connectivity index (χ4v) is 2.83. The molecule has 1 unspecified atom stereocenters. The Morgan fingerprint density at radius 3 is 2.81 bits per heavy atom. The minimum Gasteiger partial charge on any atom is -0.444 e. The monoisotopic (exact) mass is 293 g/mol. The van der Waals surface area contributed by atoms with Crippen LogP contribution < -0.4 is 5.32 Å². The first-order chi connectivity index (χ1) is 9.94. The van der Waals surface area contributed by atoms with Gasteiger partial charge in [0.1, 0.15) is 11.4 Å². The standard InChI is InChI=1S/C14H23N5O2/c1-14(2,3)21-13(20)18-7-8-19-11(9-18)16-17-12(19)10-5-4-6-15-10/h10,15H,4-9H2,1-3H3. The van der Waals surface area contributed by atoms with Crippen molar-refractivity contribution in [1.82, 2.24) is 25.0 Å². The molecule has 1 aromatic rings. The predicted molar refractivity (Wildman–Crippen MR) is 76.6 cm³/mol. The SMILES string of the molecule is CC(C)(C)OC(=O)N1CCn2c(nnc2C2CCCN2)C1. The Labute approximate surface area is 124 Å². The lowest BCUT2D eigenvalue weighted by atomic mass is 10.2. The second kappa shape index (κ2) is 5.29. The van der Waals surface area contributed by atoms with Crippen LogP contribution in [0.5, 0.6) is 0 Å². The van der Waals surface area contributed by atoms with Gasteiger partial charge in [-0.05, 0) is 40.2 Å². The fraction of sp³-hybridized carbons (Fsp3) is 0.786. The molecule has 2 aliphatic heterocycles. The van der Waals surface area contributed by atoms with Gasteiger partial charge in [-0.25, -0.2) is 4.79 Å². The van der Waals surface area contributed by atoms with Crippen LogP contribution in [0.3, 0.4) is 0 Å². The summed E-state index contributed by atoms with van der Waals surface area (Å²) in [6.45, 7) is 8.50. The molecule has 0 aliphatic carbocycles. The summed E-state index contributed by atoms with van der Waals surface area (Å²) in [6, 6.07) is 0.305. The van der Waals surface area contributed by atoms with Crippen molar-refractivity contribution in [2.45, 2.75) is 58.3 Å². The molecule has 3 rings (SSSR count). The Balaban J connectivity index is 1.70. The largest absolute Gasteiger partial charge is 0.444 e. The van der Waals surface area contributed by atoms with Crippen molar-refractivity contribution in [3.63, 3.8) is 0 Å². The van der Waals surface area contributed by atoms with Crippen LogP contribution in [0.25, 0.3) is 0 Å². The third-order valence-corrected chi connectivity index (χ3v) is 3.81. The van der Waals surface area contributed by atoms with Gasteiger partial charge in [-0.1, -0.05) is 0 Å². The van der Waals surface area contributed by atoms with Crippen LogP contribution in [0.1, 0.15) is 51.3 Å². The molecule has 1 aromatic heterocycles. The second-order valence-corrected chi connectivity index (χ2v) is 6.68. The number of aromatic nitrogens is 3. The number of fused-ring (bicyclic) bond motifs is 1. The number of ether oxygens (including phenoxy) is 1. The van der Waals surface area contributed by atoms with Crippen LogP contribution >= 0.6 is 0 Å². The lowest BCUT2D eigenvalue weighted by molar-refractivity contribution is 0.0194. The number of carbonyl (C=O) groups excluding carboxylic acids is 1. The van der Waals surface area contributed by atoms with E-state index >= 15 is 0 Å². The zero-order chi connectivity index (χ0) is 15.0. The summed E-state index contributed by atoms with van der Waals surface area (Å²) in [4.78, 5) is 13.8. The Morgan fingerprint density at radius 2 is 2.14 bits per heavy atom. The fourth-order valence-electron chi connectivity index (χ4n) is 2.83. The molecule has 0 bridgehead atoms. The van der Waals surface area contributed by atoms with Crippen LogP contribution in [-0.2, 0) is 17.8 Å². The number of carbonyl (C=O) groups is 1. The van der Waals surface area contributed by atoms with E-state index in [9.17, 15) is 4.79 Å². The lowest BCUT2D eigenvalue weighted by Gasteiger charge is -2.30. The van der Waals surface area contributed by atoms with Crippen molar-refractivity contribution in [1.29, 1.82) is 0 Å². The van der Waals surface area contributed by atoms with Gasteiger partial charge < -0.3 is 14.6 Å². The quantitative estimate of drug-likeness (QED) is 0.848. The predicted octanol–water partition coefficient (Wildman–Crippen LogP) is 1.45. The van der Waals surface area contributed by atoms with E-state index in [2.05, 4.69) is 20.1 Å². The summed E-state index contributed by atoms with van der Waals surface area (Å²) in [5.41, 5.74) is -0.471. The Hall–Kier alpha value is -1.63. The van der Waals surface area contributed by atoms with Gasteiger partial charge in [-0.3, -0.25) is 4.90 Å². The van der Waals surface area contributed by atoms with Crippen LogP contribution in [-0.4, -0.2) is 44.4 Å². The first-order valence-corrected chi connectivity index (χ1v) is 7.57. The van der Waals surface area contributed by atoms with E-state index in [1.54, 1.807) is 4.90 Å². The van der Waals surface area contributed by atoms with Gasteiger partial charge in [0, 0.05) is 13.1 Å². The van der Waals surface area contributed by atoms with Gasteiger partial charge in [-0.15, -0.1) is 10.2 Å². The van der Waals surface area contributed by atoms with E-state index in [1.807, 2.05) is 20.8 Å². The molecule has 7 heteroatoms. The van der Waals surface area contributed by atoms with Crippen molar-refractivity contribution in [3.05, 3.63) is 11.6 Å². The Bertz CT molecular complexity index is 528. The molecule has 1 saturated heterocycles. The number of rotatable bonds is 1. The minimum atomic E-state index is -0.471. The average molecular weight is 293 g/mol. The molecule has 1 N–H and O–H groups in total. The van der Waals surface area contributed by atoms with E-state index in [0.29, 0.717) is 19.1 Å². The van der Waals surface area contributed by atoms with Crippen molar-refractivity contribution in [2.75, 3.05) is 13.1 Å². The highest BCUT2D eigenvalue weighted by atomic mass is 16.6. The van der Waals surface area contributed by atoms with Gasteiger partial charge >= 0.3 is 6.09 Å². The zero-order valence-electron chi connectivity index (χ0n) is 12.9. The summed E-state index contributed by atoms with van der Waals surface area (Å²) in [5, 5.41) is 12.0. The molecule has 2 aliphatic rings.